The standard InChI is InChI=1S/C17H26N2O3/c1-5-22-17(8-6-7-12(2)10-17)16(20)19-14-9-13(3)15(21-4)18-11-14/h9,11-12H,5-8,10H2,1-4H3,(H,19,20)/t12-,17-/m0/s1. The van der Waals surface area contributed by atoms with Gasteiger partial charge in [-0.3, -0.25) is 4.79 Å². The van der Waals surface area contributed by atoms with Gasteiger partial charge in [-0.25, -0.2) is 4.98 Å². The average molecular weight is 306 g/mol. The van der Waals surface area contributed by atoms with Crippen LogP contribution in [0.5, 0.6) is 5.88 Å². The van der Waals surface area contributed by atoms with Crippen LogP contribution < -0.4 is 10.1 Å². The van der Waals surface area contributed by atoms with Crippen molar-refractivity contribution in [1.82, 2.24) is 4.98 Å². The molecule has 1 amide bonds. The van der Waals surface area contributed by atoms with Gasteiger partial charge in [0, 0.05) is 12.2 Å². The molecule has 2 atom stereocenters. The number of rotatable bonds is 5. The summed E-state index contributed by atoms with van der Waals surface area (Å²) in [6.07, 6.45) is 5.35. The third-order valence-electron chi connectivity index (χ3n) is 4.27. The molecule has 1 N–H and O–H groups in total. The molecule has 5 nitrogen and oxygen atoms in total. The molecule has 0 radical (unpaired) electrons. The van der Waals surface area contributed by atoms with Gasteiger partial charge in [-0.1, -0.05) is 13.3 Å². The van der Waals surface area contributed by atoms with Gasteiger partial charge in [-0.2, -0.15) is 0 Å². The number of carbonyl (C=O) groups is 1. The molecule has 0 saturated heterocycles. The summed E-state index contributed by atoms with van der Waals surface area (Å²) in [6, 6.07) is 1.87. The Kier molecular flexibility index (Phi) is 5.40. The maximum atomic E-state index is 12.8. The lowest BCUT2D eigenvalue weighted by Crippen LogP contribution is -2.48. The summed E-state index contributed by atoms with van der Waals surface area (Å²) >= 11 is 0. The Morgan fingerprint density at radius 2 is 2.32 bits per heavy atom. The van der Waals surface area contributed by atoms with Crippen LogP contribution in [-0.2, 0) is 9.53 Å². The Morgan fingerprint density at radius 3 is 2.91 bits per heavy atom. The van der Waals surface area contributed by atoms with Gasteiger partial charge in [-0.15, -0.1) is 0 Å². The number of hydrogen-bond donors (Lipinski definition) is 1. The van der Waals surface area contributed by atoms with Gasteiger partial charge < -0.3 is 14.8 Å². The average Bonchev–Trinajstić information content (AvgIpc) is 2.47. The second kappa shape index (κ2) is 7.09. The van der Waals surface area contributed by atoms with Crippen molar-refractivity contribution in [2.45, 2.75) is 52.1 Å². The molecule has 122 valence electrons. The van der Waals surface area contributed by atoms with E-state index in [-0.39, 0.29) is 5.91 Å². The van der Waals surface area contributed by atoms with Crippen molar-refractivity contribution in [3.05, 3.63) is 17.8 Å². The quantitative estimate of drug-likeness (QED) is 0.906. The summed E-state index contributed by atoms with van der Waals surface area (Å²) in [5.41, 5.74) is 0.864. The lowest BCUT2D eigenvalue weighted by Gasteiger charge is -2.38. The zero-order valence-electron chi connectivity index (χ0n) is 13.9. The van der Waals surface area contributed by atoms with Crippen LogP contribution in [-0.4, -0.2) is 30.2 Å². The molecule has 0 aromatic carbocycles. The van der Waals surface area contributed by atoms with Crippen LogP contribution in [0.1, 0.15) is 45.1 Å². The lowest BCUT2D eigenvalue weighted by molar-refractivity contribution is -0.147. The Labute approximate surface area is 132 Å². The third-order valence-corrected chi connectivity index (χ3v) is 4.27. The van der Waals surface area contributed by atoms with E-state index in [1.807, 2.05) is 19.9 Å². The second-order valence-electron chi connectivity index (χ2n) is 6.13. The number of aryl methyl sites for hydroxylation is 1. The third kappa shape index (κ3) is 3.58. The minimum Gasteiger partial charge on any atom is -0.481 e. The summed E-state index contributed by atoms with van der Waals surface area (Å²) in [6.45, 7) is 6.56. The molecule has 0 spiro atoms. The van der Waals surface area contributed by atoms with Crippen molar-refractivity contribution >= 4 is 11.6 Å². The topological polar surface area (TPSA) is 60.5 Å². The number of pyridine rings is 1. The fourth-order valence-electron chi connectivity index (χ4n) is 3.27. The minimum absolute atomic E-state index is 0.0627. The molecule has 1 heterocycles. The summed E-state index contributed by atoms with van der Waals surface area (Å²) in [4.78, 5) is 17.0. The number of nitrogens with zero attached hydrogens (tertiary/aromatic N) is 1. The molecule has 0 aliphatic heterocycles. The highest BCUT2D eigenvalue weighted by Crippen LogP contribution is 2.36. The van der Waals surface area contributed by atoms with Crippen LogP contribution in [0.15, 0.2) is 12.3 Å². The second-order valence-corrected chi connectivity index (χ2v) is 6.13. The van der Waals surface area contributed by atoms with Gasteiger partial charge in [0.2, 0.25) is 5.88 Å². The maximum absolute atomic E-state index is 12.8. The highest BCUT2D eigenvalue weighted by molar-refractivity contribution is 5.97. The SMILES string of the molecule is CCO[C@@]1(C(=O)Nc2cnc(OC)c(C)c2)CCC[C@H](C)C1. The predicted molar refractivity (Wildman–Crippen MR) is 86.1 cm³/mol. The highest BCUT2D eigenvalue weighted by Gasteiger charge is 2.42. The first kappa shape index (κ1) is 16.7. The minimum atomic E-state index is -0.708. The van der Waals surface area contributed by atoms with E-state index in [9.17, 15) is 4.79 Å². The van der Waals surface area contributed by atoms with Gasteiger partial charge >= 0.3 is 0 Å². The molecule has 1 fully saturated rings. The largest absolute Gasteiger partial charge is 0.481 e. The monoisotopic (exact) mass is 306 g/mol. The van der Waals surface area contributed by atoms with E-state index in [1.54, 1.807) is 13.3 Å². The summed E-state index contributed by atoms with van der Waals surface area (Å²) in [7, 11) is 1.58. The van der Waals surface area contributed by atoms with E-state index in [2.05, 4.69) is 17.2 Å². The van der Waals surface area contributed by atoms with Crippen LogP contribution in [0.3, 0.4) is 0 Å². The Balaban J connectivity index is 2.16. The fourth-order valence-corrected chi connectivity index (χ4v) is 3.27. The highest BCUT2D eigenvalue weighted by atomic mass is 16.5. The maximum Gasteiger partial charge on any atom is 0.256 e. The molecule has 0 bridgehead atoms. The van der Waals surface area contributed by atoms with Crippen LogP contribution in [0.25, 0.3) is 0 Å². The molecule has 2 rings (SSSR count). The van der Waals surface area contributed by atoms with E-state index in [4.69, 9.17) is 9.47 Å². The van der Waals surface area contributed by atoms with Crippen LogP contribution in [0, 0.1) is 12.8 Å². The van der Waals surface area contributed by atoms with E-state index < -0.39 is 5.60 Å². The van der Waals surface area contributed by atoms with Crippen molar-refractivity contribution < 1.29 is 14.3 Å². The Bertz CT molecular complexity index is 529. The number of anilines is 1. The fraction of sp³-hybridized carbons (Fsp3) is 0.647. The number of carbonyl (C=O) groups excluding carboxylic acids is 1. The van der Waals surface area contributed by atoms with Gasteiger partial charge in [-0.05, 0) is 45.1 Å². The number of aromatic nitrogens is 1. The lowest BCUT2D eigenvalue weighted by atomic mass is 9.78. The molecular weight excluding hydrogens is 280 g/mol. The first-order valence-corrected chi connectivity index (χ1v) is 7.97. The Morgan fingerprint density at radius 1 is 1.55 bits per heavy atom. The zero-order chi connectivity index (χ0) is 16.2. The molecular formula is C17H26N2O3. The summed E-state index contributed by atoms with van der Waals surface area (Å²) < 4.78 is 11.0. The number of nitrogens with one attached hydrogen (secondary N) is 1. The number of methoxy groups -OCH3 is 1. The van der Waals surface area contributed by atoms with E-state index in [1.165, 1.54) is 0 Å². The summed E-state index contributed by atoms with van der Waals surface area (Å²) in [5.74, 6) is 1.01. The predicted octanol–water partition coefficient (Wildman–Crippen LogP) is 3.32. The van der Waals surface area contributed by atoms with Gasteiger partial charge in [0.05, 0.1) is 19.0 Å². The van der Waals surface area contributed by atoms with Gasteiger partial charge in [0.25, 0.3) is 5.91 Å². The molecule has 1 saturated carbocycles. The van der Waals surface area contributed by atoms with Crippen molar-refractivity contribution in [3.63, 3.8) is 0 Å². The molecule has 5 heteroatoms. The molecule has 1 aliphatic carbocycles. The van der Waals surface area contributed by atoms with E-state index in [0.29, 0.717) is 24.1 Å². The van der Waals surface area contributed by atoms with Crippen LogP contribution in [0.2, 0.25) is 0 Å². The molecule has 1 aromatic heterocycles. The van der Waals surface area contributed by atoms with Gasteiger partial charge in [0.15, 0.2) is 0 Å². The van der Waals surface area contributed by atoms with E-state index >= 15 is 0 Å². The van der Waals surface area contributed by atoms with Crippen LogP contribution in [0.4, 0.5) is 5.69 Å². The van der Waals surface area contributed by atoms with Crippen molar-refractivity contribution in [2.75, 3.05) is 19.0 Å². The van der Waals surface area contributed by atoms with Crippen molar-refractivity contribution in [3.8, 4) is 5.88 Å². The molecule has 22 heavy (non-hydrogen) atoms. The normalized spacial score (nSPS) is 24.8. The molecule has 1 aliphatic rings. The Hall–Kier alpha value is -1.62. The zero-order valence-corrected chi connectivity index (χ0v) is 13.9. The number of amides is 1. The van der Waals surface area contributed by atoms with E-state index in [0.717, 1.165) is 31.2 Å². The molecule has 1 aromatic rings. The first-order chi connectivity index (χ1) is 10.5. The molecule has 0 unspecified atom stereocenters. The summed E-state index contributed by atoms with van der Waals surface area (Å²) in [5, 5.41) is 2.97. The van der Waals surface area contributed by atoms with Gasteiger partial charge in [0.1, 0.15) is 5.60 Å². The smallest absolute Gasteiger partial charge is 0.256 e. The first-order valence-electron chi connectivity index (χ1n) is 7.97. The van der Waals surface area contributed by atoms with Crippen molar-refractivity contribution in [2.24, 2.45) is 5.92 Å². The van der Waals surface area contributed by atoms with Crippen molar-refractivity contribution in [1.29, 1.82) is 0 Å². The number of ether oxygens (including phenoxy) is 2. The van der Waals surface area contributed by atoms with Crippen LogP contribution >= 0.6 is 0 Å². The number of hydrogen-bond acceptors (Lipinski definition) is 4.